The predicted molar refractivity (Wildman–Crippen MR) is 148 cm³/mol. The summed E-state index contributed by atoms with van der Waals surface area (Å²) in [7, 11) is 4.85. The summed E-state index contributed by atoms with van der Waals surface area (Å²) in [5.74, 6) is 2.99. The van der Waals surface area contributed by atoms with E-state index in [2.05, 4.69) is 26.3 Å². The zero-order valence-electron chi connectivity index (χ0n) is 22.9. The number of ether oxygens (including phenoxy) is 3. The van der Waals surface area contributed by atoms with Gasteiger partial charge in [0.25, 0.3) is 0 Å². The van der Waals surface area contributed by atoms with E-state index in [-0.39, 0.29) is 24.5 Å². The van der Waals surface area contributed by atoms with Crippen LogP contribution in [0.25, 0.3) is 0 Å². The molecule has 4 rings (SSSR count). The van der Waals surface area contributed by atoms with Crippen LogP contribution in [-0.4, -0.2) is 78.7 Å². The number of halogens is 1. The molecule has 1 saturated carbocycles. The zero-order chi connectivity index (χ0) is 27.8. The number of anilines is 1. The SMILES string of the molecule is COc1cc(OC)c(CN(CC(=O)N2CCC[C@H]2C#N)[C@H]2CC[C@H](CNc3ncc(Cl)cn3)CC2)c(OC)c1. The number of carbonyl (C=O) groups excluding carboxylic acids is 1. The number of aromatic nitrogens is 2. The minimum absolute atomic E-state index is 0.00540. The zero-order valence-corrected chi connectivity index (χ0v) is 23.6. The number of methoxy groups -OCH3 is 3. The second kappa shape index (κ2) is 13.7. The average molecular weight is 557 g/mol. The molecule has 2 heterocycles. The first-order valence-electron chi connectivity index (χ1n) is 13.4. The predicted octanol–water partition coefficient (Wildman–Crippen LogP) is 4.14. The number of hydrogen-bond donors (Lipinski definition) is 1. The van der Waals surface area contributed by atoms with Gasteiger partial charge in [-0.05, 0) is 44.4 Å². The Morgan fingerprint density at radius 2 is 1.77 bits per heavy atom. The van der Waals surface area contributed by atoms with Crippen LogP contribution >= 0.6 is 11.6 Å². The molecule has 1 amide bonds. The maximum atomic E-state index is 13.4. The molecule has 0 radical (unpaired) electrons. The fourth-order valence-electron chi connectivity index (χ4n) is 5.57. The maximum absolute atomic E-state index is 13.4. The number of carbonyl (C=O) groups is 1. The third kappa shape index (κ3) is 7.22. The summed E-state index contributed by atoms with van der Waals surface area (Å²) < 4.78 is 16.8. The summed E-state index contributed by atoms with van der Waals surface area (Å²) in [6.45, 7) is 2.14. The van der Waals surface area contributed by atoms with E-state index in [0.717, 1.165) is 50.6 Å². The lowest BCUT2D eigenvalue weighted by Gasteiger charge is -2.38. The molecule has 1 aromatic carbocycles. The van der Waals surface area contributed by atoms with Crippen molar-refractivity contribution in [2.45, 2.75) is 57.2 Å². The van der Waals surface area contributed by atoms with Crippen molar-refractivity contribution in [3.05, 3.63) is 35.1 Å². The van der Waals surface area contributed by atoms with Crippen molar-refractivity contribution in [2.24, 2.45) is 5.92 Å². The Morgan fingerprint density at radius 3 is 2.36 bits per heavy atom. The van der Waals surface area contributed by atoms with Gasteiger partial charge in [-0.2, -0.15) is 5.26 Å². The lowest BCUT2D eigenvalue weighted by Crippen LogP contribution is -2.46. The maximum Gasteiger partial charge on any atom is 0.237 e. The molecule has 2 fully saturated rings. The molecule has 1 N–H and O–H groups in total. The third-order valence-electron chi connectivity index (χ3n) is 7.74. The Hall–Kier alpha value is -3.29. The Labute approximate surface area is 235 Å². The van der Waals surface area contributed by atoms with Gasteiger partial charge in [0.05, 0.1) is 56.9 Å². The van der Waals surface area contributed by atoms with E-state index in [0.29, 0.717) is 47.2 Å². The second-order valence-corrected chi connectivity index (χ2v) is 10.5. The smallest absolute Gasteiger partial charge is 0.237 e. The van der Waals surface area contributed by atoms with E-state index in [1.807, 2.05) is 12.1 Å². The molecule has 0 spiro atoms. The summed E-state index contributed by atoms with van der Waals surface area (Å²) in [5.41, 5.74) is 0.871. The van der Waals surface area contributed by atoms with Gasteiger partial charge in [-0.25, -0.2) is 9.97 Å². The Bertz CT molecular complexity index is 1120. The van der Waals surface area contributed by atoms with E-state index in [9.17, 15) is 10.1 Å². The number of likely N-dealkylation sites (tertiary alicyclic amines) is 1. The van der Waals surface area contributed by atoms with Crippen LogP contribution in [-0.2, 0) is 11.3 Å². The van der Waals surface area contributed by atoms with Crippen LogP contribution in [0.3, 0.4) is 0 Å². The van der Waals surface area contributed by atoms with E-state index >= 15 is 0 Å². The minimum atomic E-state index is -0.346. The van der Waals surface area contributed by atoms with Gasteiger partial charge in [-0.1, -0.05) is 11.6 Å². The number of nitrogens with one attached hydrogen (secondary N) is 1. The van der Waals surface area contributed by atoms with Crippen LogP contribution in [0.5, 0.6) is 17.2 Å². The molecule has 210 valence electrons. The van der Waals surface area contributed by atoms with Crippen LogP contribution in [0.15, 0.2) is 24.5 Å². The van der Waals surface area contributed by atoms with E-state index in [1.54, 1.807) is 38.6 Å². The monoisotopic (exact) mass is 556 g/mol. The number of amides is 1. The molecule has 10 nitrogen and oxygen atoms in total. The number of rotatable bonds is 11. The van der Waals surface area contributed by atoms with Gasteiger partial charge in [0.2, 0.25) is 11.9 Å². The minimum Gasteiger partial charge on any atom is -0.496 e. The molecule has 0 unspecified atom stereocenters. The van der Waals surface area contributed by atoms with E-state index in [4.69, 9.17) is 25.8 Å². The topological polar surface area (TPSA) is 113 Å². The number of nitriles is 1. The normalized spacial score (nSPS) is 20.9. The first kappa shape index (κ1) is 28.7. The van der Waals surface area contributed by atoms with Gasteiger partial charge >= 0.3 is 0 Å². The molecule has 1 aliphatic heterocycles. The Kier molecular flexibility index (Phi) is 10.1. The van der Waals surface area contributed by atoms with Crippen LogP contribution < -0.4 is 19.5 Å². The van der Waals surface area contributed by atoms with Crippen molar-refractivity contribution in [2.75, 3.05) is 46.3 Å². The van der Waals surface area contributed by atoms with Crippen LogP contribution in [0.4, 0.5) is 5.95 Å². The first-order valence-corrected chi connectivity index (χ1v) is 13.8. The highest BCUT2D eigenvalue weighted by Crippen LogP contribution is 2.37. The van der Waals surface area contributed by atoms with Crippen molar-refractivity contribution >= 4 is 23.5 Å². The van der Waals surface area contributed by atoms with Crippen LogP contribution in [0.1, 0.15) is 44.1 Å². The first-order chi connectivity index (χ1) is 18.9. The fourth-order valence-corrected chi connectivity index (χ4v) is 5.67. The lowest BCUT2D eigenvalue weighted by atomic mass is 9.85. The molecule has 2 aliphatic rings. The summed E-state index contributed by atoms with van der Waals surface area (Å²) in [4.78, 5) is 25.8. The molecule has 11 heteroatoms. The molecular weight excluding hydrogens is 520 g/mol. The van der Waals surface area contributed by atoms with E-state index in [1.165, 1.54) is 0 Å². The standard InChI is InChI=1S/C28H37ClN6O4/c1-37-23-11-25(38-2)24(26(12-23)39-3)17-34(18-27(36)35-10-4-5-22(35)13-30)21-8-6-19(7-9-21)14-31-28-32-15-20(29)16-33-28/h11-12,15-16,19,21-22H,4-10,14,17-18H2,1-3H3,(H,31,32,33)/t19-,21-,22-/m0/s1. The molecule has 1 aromatic heterocycles. The van der Waals surface area contributed by atoms with Crippen molar-refractivity contribution in [3.8, 4) is 23.3 Å². The summed E-state index contributed by atoms with van der Waals surface area (Å²) in [6, 6.07) is 5.83. The Balaban J connectivity index is 1.48. The van der Waals surface area contributed by atoms with Crippen molar-refractivity contribution in [1.82, 2.24) is 19.8 Å². The summed E-state index contributed by atoms with van der Waals surface area (Å²) in [6.07, 6.45) is 8.68. The second-order valence-electron chi connectivity index (χ2n) is 10.1. The molecular formula is C28H37ClN6O4. The molecule has 0 bridgehead atoms. The van der Waals surface area contributed by atoms with Gasteiger partial charge in [0.15, 0.2) is 0 Å². The van der Waals surface area contributed by atoms with Crippen molar-refractivity contribution in [1.29, 1.82) is 5.26 Å². The largest absolute Gasteiger partial charge is 0.496 e. The fraction of sp³-hybridized carbons (Fsp3) is 0.571. The van der Waals surface area contributed by atoms with Crippen molar-refractivity contribution < 1.29 is 19.0 Å². The van der Waals surface area contributed by atoms with Crippen molar-refractivity contribution in [3.63, 3.8) is 0 Å². The van der Waals surface area contributed by atoms with Crippen LogP contribution in [0.2, 0.25) is 5.02 Å². The third-order valence-corrected chi connectivity index (χ3v) is 7.94. The highest BCUT2D eigenvalue weighted by molar-refractivity contribution is 6.30. The number of hydrogen-bond acceptors (Lipinski definition) is 9. The molecule has 1 saturated heterocycles. The molecule has 2 aromatic rings. The van der Waals surface area contributed by atoms with Crippen LogP contribution in [0, 0.1) is 17.2 Å². The lowest BCUT2D eigenvalue weighted by molar-refractivity contribution is -0.133. The van der Waals surface area contributed by atoms with Gasteiger partial charge in [0, 0.05) is 37.8 Å². The molecule has 1 aliphatic carbocycles. The highest BCUT2D eigenvalue weighted by Gasteiger charge is 2.33. The number of benzene rings is 1. The molecule has 1 atom stereocenters. The Morgan fingerprint density at radius 1 is 1.10 bits per heavy atom. The molecule has 39 heavy (non-hydrogen) atoms. The van der Waals surface area contributed by atoms with Gasteiger partial charge in [-0.3, -0.25) is 9.69 Å². The quantitative estimate of drug-likeness (QED) is 0.436. The van der Waals surface area contributed by atoms with Gasteiger partial charge in [0.1, 0.15) is 23.3 Å². The summed E-state index contributed by atoms with van der Waals surface area (Å²) in [5, 5.41) is 13.4. The van der Waals surface area contributed by atoms with Gasteiger partial charge < -0.3 is 24.4 Å². The van der Waals surface area contributed by atoms with E-state index < -0.39 is 0 Å². The van der Waals surface area contributed by atoms with Gasteiger partial charge in [-0.15, -0.1) is 0 Å². The number of nitrogens with zero attached hydrogens (tertiary/aromatic N) is 5. The average Bonchev–Trinajstić information content (AvgIpc) is 3.46. The summed E-state index contributed by atoms with van der Waals surface area (Å²) >= 11 is 5.89. The highest BCUT2D eigenvalue weighted by atomic mass is 35.5.